The molecule has 1 heterocycles. The number of para-hydroxylation sites is 1. The van der Waals surface area contributed by atoms with Gasteiger partial charge in [0.2, 0.25) is 0 Å². The Morgan fingerprint density at radius 3 is 2.31 bits per heavy atom. The Bertz CT molecular complexity index is 452. The highest BCUT2D eigenvalue weighted by molar-refractivity contribution is 5.91. The second-order valence-corrected chi connectivity index (χ2v) is 2.64. The van der Waals surface area contributed by atoms with Crippen LogP contribution in [-0.4, -0.2) is 26.1 Å². The van der Waals surface area contributed by atoms with Crippen LogP contribution >= 0.6 is 0 Å². The molecule has 1 aromatic carbocycles. The Kier molecular flexibility index (Phi) is 4.20. The standard InChI is InChI=1S/C9H7N3O2.C2H6/c13-9(14)7-3-1-2-4-8(7)12-10-5-6-11-12;1-2/h1-6H,(H,13,14);1-2H3. The smallest absolute Gasteiger partial charge is 0.337 e. The number of carboxylic acid groups (broad SMARTS) is 1. The van der Waals surface area contributed by atoms with Gasteiger partial charge in [-0.1, -0.05) is 26.0 Å². The molecular weight excluding hydrogens is 206 g/mol. The molecule has 0 atom stereocenters. The van der Waals surface area contributed by atoms with E-state index in [9.17, 15) is 4.79 Å². The normalized spacial score (nSPS) is 9.12. The van der Waals surface area contributed by atoms with Gasteiger partial charge < -0.3 is 5.11 Å². The molecule has 0 saturated carbocycles. The van der Waals surface area contributed by atoms with Gasteiger partial charge in [0.25, 0.3) is 0 Å². The fourth-order valence-corrected chi connectivity index (χ4v) is 1.17. The number of carboxylic acids is 1. The van der Waals surface area contributed by atoms with Crippen LogP contribution in [0.4, 0.5) is 0 Å². The second-order valence-electron chi connectivity index (χ2n) is 2.64. The van der Waals surface area contributed by atoms with Gasteiger partial charge >= 0.3 is 5.97 Å². The molecule has 0 bridgehead atoms. The summed E-state index contributed by atoms with van der Waals surface area (Å²) >= 11 is 0. The highest BCUT2D eigenvalue weighted by Gasteiger charge is 2.10. The summed E-state index contributed by atoms with van der Waals surface area (Å²) < 4.78 is 0. The summed E-state index contributed by atoms with van der Waals surface area (Å²) in [5.41, 5.74) is 0.647. The minimum Gasteiger partial charge on any atom is -0.478 e. The van der Waals surface area contributed by atoms with Crippen molar-refractivity contribution in [3.63, 3.8) is 0 Å². The Hall–Kier alpha value is -2.17. The lowest BCUT2D eigenvalue weighted by molar-refractivity contribution is 0.0696. The molecule has 0 aliphatic rings. The van der Waals surface area contributed by atoms with Gasteiger partial charge in [0.1, 0.15) is 5.69 Å². The van der Waals surface area contributed by atoms with Crippen molar-refractivity contribution in [1.29, 1.82) is 0 Å². The number of carbonyl (C=O) groups is 1. The Balaban J connectivity index is 0.000000606. The summed E-state index contributed by atoms with van der Waals surface area (Å²) in [6.07, 6.45) is 3.00. The largest absolute Gasteiger partial charge is 0.478 e. The minimum atomic E-state index is -0.988. The maximum absolute atomic E-state index is 10.8. The third-order valence-electron chi connectivity index (χ3n) is 1.77. The van der Waals surface area contributed by atoms with Crippen molar-refractivity contribution in [2.45, 2.75) is 13.8 Å². The van der Waals surface area contributed by atoms with E-state index in [2.05, 4.69) is 10.2 Å². The molecule has 2 aromatic rings. The molecule has 1 N–H and O–H groups in total. The van der Waals surface area contributed by atoms with Gasteiger partial charge in [-0.3, -0.25) is 0 Å². The quantitative estimate of drug-likeness (QED) is 0.838. The number of benzene rings is 1. The Morgan fingerprint density at radius 2 is 1.75 bits per heavy atom. The van der Waals surface area contributed by atoms with E-state index >= 15 is 0 Å². The first-order chi connectivity index (χ1) is 7.79. The molecule has 1 aromatic heterocycles. The van der Waals surface area contributed by atoms with E-state index < -0.39 is 5.97 Å². The predicted molar refractivity (Wildman–Crippen MR) is 59.7 cm³/mol. The van der Waals surface area contributed by atoms with E-state index in [1.807, 2.05) is 13.8 Å². The van der Waals surface area contributed by atoms with Crippen molar-refractivity contribution in [2.75, 3.05) is 0 Å². The zero-order valence-corrected chi connectivity index (χ0v) is 9.16. The molecule has 2 rings (SSSR count). The van der Waals surface area contributed by atoms with Gasteiger partial charge in [0.15, 0.2) is 0 Å². The minimum absolute atomic E-state index is 0.184. The Labute approximate surface area is 93.3 Å². The molecule has 5 nitrogen and oxygen atoms in total. The second kappa shape index (κ2) is 5.65. The lowest BCUT2D eigenvalue weighted by Crippen LogP contribution is -2.07. The third-order valence-corrected chi connectivity index (χ3v) is 1.77. The van der Waals surface area contributed by atoms with Crippen LogP contribution in [0, 0.1) is 0 Å². The van der Waals surface area contributed by atoms with Crippen LogP contribution < -0.4 is 0 Å². The number of nitrogens with zero attached hydrogens (tertiary/aromatic N) is 3. The number of rotatable bonds is 2. The van der Waals surface area contributed by atoms with Gasteiger partial charge in [-0.15, -0.1) is 0 Å². The highest BCUT2D eigenvalue weighted by Crippen LogP contribution is 2.11. The lowest BCUT2D eigenvalue weighted by atomic mass is 10.2. The zero-order chi connectivity index (χ0) is 12.0. The molecule has 0 spiro atoms. The first-order valence-corrected chi connectivity index (χ1v) is 4.98. The van der Waals surface area contributed by atoms with E-state index in [0.29, 0.717) is 5.69 Å². The average molecular weight is 219 g/mol. The van der Waals surface area contributed by atoms with E-state index in [1.54, 1.807) is 18.2 Å². The molecule has 0 saturated heterocycles. The average Bonchev–Trinajstić information content (AvgIpc) is 2.85. The fourth-order valence-electron chi connectivity index (χ4n) is 1.17. The van der Waals surface area contributed by atoms with Crippen molar-refractivity contribution < 1.29 is 9.90 Å². The van der Waals surface area contributed by atoms with Crippen LogP contribution in [0.1, 0.15) is 24.2 Å². The summed E-state index contributed by atoms with van der Waals surface area (Å²) in [6, 6.07) is 6.58. The maximum atomic E-state index is 10.8. The monoisotopic (exact) mass is 219 g/mol. The van der Waals surface area contributed by atoms with Crippen molar-refractivity contribution >= 4 is 5.97 Å². The van der Waals surface area contributed by atoms with E-state index in [-0.39, 0.29) is 5.56 Å². The maximum Gasteiger partial charge on any atom is 0.337 e. The van der Waals surface area contributed by atoms with Crippen molar-refractivity contribution in [2.24, 2.45) is 0 Å². The van der Waals surface area contributed by atoms with Crippen LogP contribution in [0.15, 0.2) is 36.7 Å². The third kappa shape index (κ3) is 2.44. The number of hydrogen-bond acceptors (Lipinski definition) is 3. The van der Waals surface area contributed by atoms with Gasteiger partial charge in [-0.05, 0) is 12.1 Å². The van der Waals surface area contributed by atoms with Crippen molar-refractivity contribution in [3.05, 3.63) is 42.2 Å². The molecule has 0 radical (unpaired) electrons. The molecule has 0 aliphatic carbocycles. The van der Waals surface area contributed by atoms with Gasteiger partial charge in [0.05, 0.1) is 18.0 Å². The number of aromatic nitrogens is 3. The summed E-state index contributed by atoms with van der Waals surface area (Å²) in [5.74, 6) is -0.988. The van der Waals surface area contributed by atoms with Crippen molar-refractivity contribution in [3.8, 4) is 5.69 Å². The van der Waals surface area contributed by atoms with E-state index in [1.165, 1.54) is 23.3 Å². The number of hydrogen-bond donors (Lipinski definition) is 1. The molecule has 0 amide bonds. The SMILES string of the molecule is CC.O=C(O)c1ccccc1-n1nccn1. The molecule has 0 aliphatic heterocycles. The topological polar surface area (TPSA) is 68.0 Å². The summed E-state index contributed by atoms with van der Waals surface area (Å²) in [4.78, 5) is 12.1. The molecule has 0 fully saturated rings. The summed E-state index contributed by atoms with van der Waals surface area (Å²) in [5, 5.41) is 16.6. The zero-order valence-electron chi connectivity index (χ0n) is 9.16. The molecule has 0 unspecified atom stereocenters. The van der Waals surface area contributed by atoms with Gasteiger partial charge in [-0.25, -0.2) is 4.79 Å². The fraction of sp³-hybridized carbons (Fsp3) is 0.182. The molecular formula is C11H13N3O2. The van der Waals surface area contributed by atoms with Crippen LogP contribution in [-0.2, 0) is 0 Å². The first kappa shape index (κ1) is 11.9. The van der Waals surface area contributed by atoms with Gasteiger partial charge in [0, 0.05) is 0 Å². The molecule has 5 heteroatoms. The lowest BCUT2D eigenvalue weighted by Gasteiger charge is -2.02. The molecule has 16 heavy (non-hydrogen) atoms. The summed E-state index contributed by atoms with van der Waals surface area (Å²) in [6.45, 7) is 4.00. The van der Waals surface area contributed by atoms with Crippen LogP contribution in [0.5, 0.6) is 0 Å². The highest BCUT2D eigenvalue weighted by atomic mass is 16.4. The molecule has 84 valence electrons. The van der Waals surface area contributed by atoms with E-state index in [0.717, 1.165) is 0 Å². The number of aromatic carboxylic acids is 1. The predicted octanol–water partition coefficient (Wildman–Crippen LogP) is 1.99. The van der Waals surface area contributed by atoms with Crippen molar-refractivity contribution in [1.82, 2.24) is 15.0 Å². The first-order valence-electron chi connectivity index (χ1n) is 4.98. The van der Waals surface area contributed by atoms with Crippen LogP contribution in [0.2, 0.25) is 0 Å². The van der Waals surface area contributed by atoms with Gasteiger partial charge in [-0.2, -0.15) is 15.0 Å². The summed E-state index contributed by atoms with van der Waals surface area (Å²) in [7, 11) is 0. The van der Waals surface area contributed by atoms with E-state index in [4.69, 9.17) is 5.11 Å². The van der Waals surface area contributed by atoms with Crippen LogP contribution in [0.25, 0.3) is 5.69 Å². The Morgan fingerprint density at radius 1 is 1.19 bits per heavy atom. The van der Waals surface area contributed by atoms with Crippen LogP contribution in [0.3, 0.4) is 0 Å².